The standard InChI is InChI=1S/C17H21N3O3/c1-12(2)19-15(21)7-9-18-16(22)11-20-10-8-13-5-3-4-6-14(13)17(20)23/h3-6,8,10,12H,7,9,11H2,1-2H3,(H,18,22)(H,19,21). The Morgan fingerprint density at radius 1 is 1.13 bits per heavy atom. The normalized spacial score (nSPS) is 10.7. The van der Waals surface area contributed by atoms with Gasteiger partial charge in [0.15, 0.2) is 0 Å². The van der Waals surface area contributed by atoms with E-state index in [9.17, 15) is 14.4 Å². The fourth-order valence-corrected chi connectivity index (χ4v) is 2.27. The van der Waals surface area contributed by atoms with Gasteiger partial charge in [0, 0.05) is 30.6 Å². The van der Waals surface area contributed by atoms with E-state index in [1.165, 1.54) is 4.57 Å². The third-order valence-electron chi connectivity index (χ3n) is 3.32. The second-order valence-electron chi connectivity index (χ2n) is 5.66. The Morgan fingerprint density at radius 3 is 2.61 bits per heavy atom. The van der Waals surface area contributed by atoms with Crippen LogP contribution in [-0.2, 0) is 16.1 Å². The molecule has 0 saturated carbocycles. The van der Waals surface area contributed by atoms with Crippen LogP contribution in [-0.4, -0.2) is 29.0 Å². The zero-order chi connectivity index (χ0) is 16.8. The number of hydrogen-bond acceptors (Lipinski definition) is 3. The molecule has 0 atom stereocenters. The van der Waals surface area contributed by atoms with Crippen molar-refractivity contribution in [1.29, 1.82) is 0 Å². The Labute approximate surface area is 134 Å². The molecule has 122 valence electrons. The van der Waals surface area contributed by atoms with Crippen LogP contribution in [0.1, 0.15) is 20.3 Å². The number of carbonyl (C=O) groups is 2. The maximum absolute atomic E-state index is 12.3. The number of nitrogens with one attached hydrogen (secondary N) is 2. The summed E-state index contributed by atoms with van der Waals surface area (Å²) in [6.07, 6.45) is 1.83. The quantitative estimate of drug-likeness (QED) is 0.835. The molecule has 0 spiro atoms. The minimum absolute atomic E-state index is 0.0601. The second-order valence-corrected chi connectivity index (χ2v) is 5.66. The van der Waals surface area contributed by atoms with Crippen LogP contribution in [0.25, 0.3) is 10.8 Å². The molecule has 1 heterocycles. The van der Waals surface area contributed by atoms with Crippen molar-refractivity contribution < 1.29 is 9.59 Å². The highest BCUT2D eigenvalue weighted by atomic mass is 16.2. The summed E-state index contributed by atoms with van der Waals surface area (Å²) in [4.78, 5) is 35.7. The maximum atomic E-state index is 12.3. The minimum Gasteiger partial charge on any atom is -0.354 e. The predicted molar refractivity (Wildman–Crippen MR) is 89.1 cm³/mol. The first-order valence-corrected chi connectivity index (χ1v) is 7.61. The monoisotopic (exact) mass is 315 g/mol. The molecule has 2 amide bonds. The first-order chi connectivity index (χ1) is 11.0. The van der Waals surface area contributed by atoms with E-state index < -0.39 is 0 Å². The van der Waals surface area contributed by atoms with Gasteiger partial charge in [0.1, 0.15) is 6.54 Å². The van der Waals surface area contributed by atoms with Crippen LogP contribution in [0.4, 0.5) is 0 Å². The van der Waals surface area contributed by atoms with Crippen LogP contribution in [0, 0.1) is 0 Å². The van der Waals surface area contributed by atoms with E-state index in [2.05, 4.69) is 10.6 Å². The molecule has 2 N–H and O–H groups in total. The Kier molecular flexibility index (Phi) is 5.51. The number of carbonyl (C=O) groups excluding carboxylic acids is 2. The molecule has 2 aromatic rings. The van der Waals surface area contributed by atoms with E-state index >= 15 is 0 Å². The van der Waals surface area contributed by atoms with Crippen molar-refractivity contribution in [3.63, 3.8) is 0 Å². The zero-order valence-electron chi connectivity index (χ0n) is 13.3. The number of nitrogens with zero attached hydrogens (tertiary/aromatic N) is 1. The average Bonchev–Trinajstić information content (AvgIpc) is 2.49. The number of hydrogen-bond donors (Lipinski definition) is 2. The van der Waals surface area contributed by atoms with Crippen LogP contribution in [0.15, 0.2) is 41.3 Å². The summed E-state index contributed by atoms with van der Waals surface area (Å²) >= 11 is 0. The summed E-state index contributed by atoms with van der Waals surface area (Å²) in [5.41, 5.74) is -0.198. The molecule has 6 nitrogen and oxygen atoms in total. The number of fused-ring (bicyclic) bond motifs is 1. The average molecular weight is 315 g/mol. The molecule has 1 aromatic heterocycles. The zero-order valence-corrected chi connectivity index (χ0v) is 13.3. The molecular formula is C17H21N3O3. The minimum atomic E-state index is -0.292. The molecule has 1 aromatic carbocycles. The molecule has 0 saturated heterocycles. The topological polar surface area (TPSA) is 80.2 Å². The third kappa shape index (κ3) is 4.67. The van der Waals surface area contributed by atoms with Crippen molar-refractivity contribution in [2.45, 2.75) is 32.9 Å². The molecule has 0 aliphatic rings. The van der Waals surface area contributed by atoms with Gasteiger partial charge in [-0.1, -0.05) is 18.2 Å². The number of pyridine rings is 1. The Balaban J connectivity index is 1.92. The number of rotatable bonds is 6. The summed E-state index contributed by atoms with van der Waals surface area (Å²) in [6, 6.07) is 9.13. The summed E-state index contributed by atoms with van der Waals surface area (Å²) in [6.45, 7) is 3.94. The van der Waals surface area contributed by atoms with Crippen LogP contribution in [0.5, 0.6) is 0 Å². The Morgan fingerprint density at radius 2 is 1.87 bits per heavy atom. The van der Waals surface area contributed by atoms with Crippen LogP contribution >= 0.6 is 0 Å². The molecule has 0 fully saturated rings. The lowest BCUT2D eigenvalue weighted by molar-refractivity contribution is -0.122. The van der Waals surface area contributed by atoms with Gasteiger partial charge < -0.3 is 15.2 Å². The molecule has 0 unspecified atom stereocenters. The molecule has 0 aliphatic heterocycles. The van der Waals surface area contributed by atoms with E-state index in [0.717, 1.165) is 5.39 Å². The van der Waals surface area contributed by atoms with Gasteiger partial charge in [-0.2, -0.15) is 0 Å². The van der Waals surface area contributed by atoms with Gasteiger partial charge in [-0.15, -0.1) is 0 Å². The van der Waals surface area contributed by atoms with Crippen molar-refractivity contribution in [3.8, 4) is 0 Å². The van der Waals surface area contributed by atoms with Crippen molar-refractivity contribution in [2.24, 2.45) is 0 Å². The maximum Gasteiger partial charge on any atom is 0.258 e. The fourth-order valence-electron chi connectivity index (χ4n) is 2.27. The first-order valence-electron chi connectivity index (χ1n) is 7.61. The second kappa shape index (κ2) is 7.58. The largest absolute Gasteiger partial charge is 0.354 e. The van der Waals surface area contributed by atoms with Crippen LogP contribution in [0.3, 0.4) is 0 Å². The van der Waals surface area contributed by atoms with Gasteiger partial charge >= 0.3 is 0 Å². The highest BCUT2D eigenvalue weighted by Gasteiger charge is 2.08. The molecule has 0 aliphatic carbocycles. The van der Waals surface area contributed by atoms with Gasteiger partial charge in [0.25, 0.3) is 5.56 Å². The van der Waals surface area contributed by atoms with Crippen LogP contribution in [0.2, 0.25) is 0 Å². The number of amides is 2. The summed E-state index contributed by atoms with van der Waals surface area (Å²) in [7, 11) is 0. The molecule has 0 bridgehead atoms. The Hall–Kier alpha value is -2.63. The van der Waals surface area contributed by atoms with E-state index in [0.29, 0.717) is 5.39 Å². The first kappa shape index (κ1) is 16.7. The molecule has 2 rings (SSSR count). The third-order valence-corrected chi connectivity index (χ3v) is 3.32. The van der Waals surface area contributed by atoms with E-state index in [4.69, 9.17) is 0 Å². The number of aromatic nitrogens is 1. The predicted octanol–water partition coefficient (Wildman–Crippen LogP) is 1.03. The number of benzene rings is 1. The highest BCUT2D eigenvalue weighted by Crippen LogP contribution is 2.07. The SMILES string of the molecule is CC(C)NC(=O)CCNC(=O)Cn1ccc2ccccc2c1=O. The van der Waals surface area contributed by atoms with Gasteiger partial charge in [-0.3, -0.25) is 14.4 Å². The highest BCUT2D eigenvalue weighted by molar-refractivity contribution is 5.82. The van der Waals surface area contributed by atoms with E-state index in [1.54, 1.807) is 24.4 Å². The van der Waals surface area contributed by atoms with Gasteiger partial charge in [0.2, 0.25) is 11.8 Å². The lowest BCUT2D eigenvalue weighted by Gasteiger charge is -2.10. The van der Waals surface area contributed by atoms with Gasteiger partial charge in [0.05, 0.1) is 0 Å². The van der Waals surface area contributed by atoms with Gasteiger partial charge in [-0.25, -0.2) is 0 Å². The summed E-state index contributed by atoms with van der Waals surface area (Å²) < 4.78 is 1.37. The fraction of sp³-hybridized carbons (Fsp3) is 0.353. The lowest BCUT2D eigenvalue weighted by atomic mass is 10.2. The summed E-state index contributed by atoms with van der Waals surface area (Å²) in [5.74, 6) is -0.400. The van der Waals surface area contributed by atoms with E-state index in [-0.39, 0.29) is 42.9 Å². The Bertz CT molecular complexity index is 765. The van der Waals surface area contributed by atoms with Crippen molar-refractivity contribution in [3.05, 3.63) is 46.9 Å². The molecule has 23 heavy (non-hydrogen) atoms. The van der Waals surface area contributed by atoms with Crippen molar-refractivity contribution >= 4 is 22.6 Å². The van der Waals surface area contributed by atoms with Crippen LogP contribution < -0.4 is 16.2 Å². The van der Waals surface area contributed by atoms with Crippen molar-refractivity contribution in [1.82, 2.24) is 15.2 Å². The lowest BCUT2D eigenvalue weighted by Crippen LogP contribution is -2.36. The molecule has 0 radical (unpaired) electrons. The van der Waals surface area contributed by atoms with Gasteiger partial charge in [-0.05, 0) is 31.4 Å². The smallest absolute Gasteiger partial charge is 0.258 e. The van der Waals surface area contributed by atoms with E-state index in [1.807, 2.05) is 26.0 Å². The molecule has 6 heteroatoms. The van der Waals surface area contributed by atoms with Crippen molar-refractivity contribution in [2.75, 3.05) is 6.54 Å². The summed E-state index contributed by atoms with van der Waals surface area (Å²) in [5, 5.41) is 6.83. The molecular weight excluding hydrogens is 294 g/mol.